The summed E-state index contributed by atoms with van der Waals surface area (Å²) >= 11 is 0. The van der Waals surface area contributed by atoms with Gasteiger partial charge in [-0.05, 0) is 25.1 Å². The highest BCUT2D eigenvalue weighted by molar-refractivity contribution is 5.97. The zero-order valence-corrected chi connectivity index (χ0v) is 10.3. The average Bonchev–Trinajstić information content (AvgIpc) is 2.37. The topological polar surface area (TPSA) is 74.4 Å². The number of hydrogen-bond donors (Lipinski definition) is 1. The Morgan fingerprint density at radius 3 is 2.83 bits per heavy atom. The minimum Gasteiger partial charge on any atom is -0.494 e. The molecule has 2 rings (SSSR count). The Bertz CT molecular complexity index is 596. The zero-order valence-electron chi connectivity index (χ0n) is 10.3. The highest BCUT2D eigenvalue weighted by atomic mass is 16.5. The fourth-order valence-electron chi connectivity index (χ4n) is 1.72. The molecular weight excluding hydrogens is 232 g/mol. The Balaban J connectivity index is 2.60. The van der Waals surface area contributed by atoms with Crippen molar-refractivity contribution in [2.75, 3.05) is 19.5 Å². The van der Waals surface area contributed by atoms with E-state index in [-0.39, 0.29) is 5.97 Å². The average molecular weight is 246 g/mol. The third-order valence-corrected chi connectivity index (χ3v) is 2.50. The summed E-state index contributed by atoms with van der Waals surface area (Å²) in [5, 5.41) is 0.748. The summed E-state index contributed by atoms with van der Waals surface area (Å²) < 4.78 is 10.2. The Hall–Kier alpha value is -2.30. The van der Waals surface area contributed by atoms with Crippen LogP contribution in [0.25, 0.3) is 10.9 Å². The number of aromatic nitrogens is 1. The molecule has 0 aliphatic rings. The lowest BCUT2D eigenvalue weighted by Crippen LogP contribution is -2.05. The quantitative estimate of drug-likeness (QED) is 0.838. The number of carbonyl (C=O) groups is 1. The van der Waals surface area contributed by atoms with Crippen molar-refractivity contribution in [3.63, 3.8) is 0 Å². The van der Waals surface area contributed by atoms with Crippen molar-refractivity contribution < 1.29 is 14.3 Å². The third kappa shape index (κ3) is 2.20. The van der Waals surface area contributed by atoms with Gasteiger partial charge in [0.15, 0.2) is 0 Å². The smallest absolute Gasteiger partial charge is 0.338 e. The predicted octanol–water partition coefficient (Wildman–Crippen LogP) is 2.00. The number of anilines is 1. The molecule has 0 spiro atoms. The monoisotopic (exact) mass is 246 g/mol. The Labute approximate surface area is 105 Å². The van der Waals surface area contributed by atoms with Crippen molar-refractivity contribution >= 4 is 22.6 Å². The van der Waals surface area contributed by atoms with Gasteiger partial charge >= 0.3 is 5.97 Å². The molecule has 94 valence electrons. The molecule has 0 saturated carbocycles. The van der Waals surface area contributed by atoms with Gasteiger partial charge in [-0.3, -0.25) is 4.98 Å². The first-order valence-electron chi connectivity index (χ1n) is 5.56. The molecule has 0 fully saturated rings. The molecule has 5 nitrogen and oxygen atoms in total. The standard InChI is InChI=1S/C13H14N2O3/c1-3-18-13(16)9-4-8-5-10(14)7-15-12(8)11(6-9)17-2/h4-7H,3,14H2,1-2H3. The number of rotatable bonds is 3. The van der Waals surface area contributed by atoms with E-state index in [4.69, 9.17) is 15.2 Å². The van der Waals surface area contributed by atoms with Gasteiger partial charge < -0.3 is 15.2 Å². The largest absolute Gasteiger partial charge is 0.494 e. The first kappa shape index (κ1) is 12.2. The van der Waals surface area contributed by atoms with E-state index in [0.717, 1.165) is 5.39 Å². The van der Waals surface area contributed by atoms with Gasteiger partial charge in [-0.15, -0.1) is 0 Å². The van der Waals surface area contributed by atoms with Gasteiger partial charge in [-0.2, -0.15) is 0 Å². The molecule has 0 saturated heterocycles. The lowest BCUT2D eigenvalue weighted by atomic mass is 10.1. The number of benzene rings is 1. The normalized spacial score (nSPS) is 10.3. The van der Waals surface area contributed by atoms with Gasteiger partial charge in [-0.25, -0.2) is 4.79 Å². The van der Waals surface area contributed by atoms with Crippen LogP contribution in [-0.4, -0.2) is 24.7 Å². The molecule has 5 heteroatoms. The maximum absolute atomic E-state index is 11.7. The van der Waals surface area contributed by atoms with E-state index in [0.29, 0.717) is 29.1 Å². The number of nitrogens with two attached hydrogens (primary N) is 1. The van der Waals surface area contributed by atoms with Crippen LogP contribution in [-0.2, 0) is 4.74 Å². The summed E-state index contributed by atoms with van der Waals surface area (Å²) in [4.78, 5) is 15.9. The van der Waals surface area contributed by atoms with Crippen LogP contribution < -0.4 is 10.5 Å². The number of carbonyl (C=O) groups excluding carboxylic acids is 1. The van der Waals surface area contributed by atoms with E-state index >= 15 is 0 Å². The van der Waals surface area contributed by atoms with Gasteiger partial charge in [-0.1, -0.05) is 0 Å². The summed E-state index contributed by atoms with van der Waals surface area (Å²) in [5.74, 6) is 0.135. The number of fused-ring (bicyclic) bond motifs is 1. The Morgan fingerprint density at radius 1 is 1.39 bits per heavy atom. The van der Waals surface area contributed by atoms with Gasteiger partial charge in [0, 0.05) is 5.39 Å². The molecule has 1 heterocycles. The Kier molecular flexibility index (Phi) is 3.32. The van der Waals surface area contributed by atoms with Crippen molar-refractivity contribution in [2.45, 2.75) is 6.92 Å². The van der Waals surface area contributed by atoms with Crippen molar-refractivity contribution in [3.05, 3.63) is 30.0 Å². The maximum Gasteiger partial charge on any atom is 0.338 e. The first-order chi connectivity index (χ1) is 8.65. The first-order valence-corrected chi connectivity index (χ1v) is 5.56. The van der Waals surface area contributed by atoms with Crippen molar-refractivity contribution in [1.82, 2.24) is 4.98 Å². The zero-order chi connectivity index (χ0) is 13.1. The van der Waals surface area contributed by atoms with Crippen molar-refractivity contribution in [1.29, 1.82) is 0 Å². The van der Waals surface area contributed by atoms with E-state index in [1.807, 2.05) is 0 Å². The number of ether oxygens (including phenoxy) is 2. The summed E-state index contributed by atoms with van der Waals surface area (Å²) in [6.45, 7) is 2.09. The maximum atomic E-state index is 11.7. The summed E-state index contributed by atoms with van der Waals surface area (Å²) in [7, 11) is 1.53. The molecule has 18 heavy (non-hydrogen) atoms. The number of nitrogens with zero attached hydrogens (tertiary/aromatic N) is 1. The van der Waals surface area contributed by atoms with Gasteiger partial charge in [0.1, 0.15) is 11.3 Å². The van der Waals surface area contributed by atoms with Crippen LogP contribution in [0.5, 0.6) is 5.75 Å². The second kappa shape index (κ2) is 4.91. The molecule has 0 radical (unpaired) electrons. The molecule has 2 N–H and O–H groups in total. The van der Waals surface area contributed by atoms with E-state index in [1.165, 1.54) is 7.11 Å². The van der Waals surface area contributed by atoms with E-state index in [1.54, 1.807) is 31.3 Å². The van der Waals surface area contributed by atoms with Crippen LogP contribution in [0, 0.1) is 0 Å². The molecule has 2 aromatic rings. The minimum absolute atomic E-state index is 0.328. The lowest BCUT2D eigenvalue weighted by molar-refractivity contribution is 0.0526. The van der Waals surface area contributed by atoms with Crippen LogP contribution in [0.3, 0.4) is 0 Å². The second-order valence-electron chi connectivity index (χ2n) is 3.74. The fourth-order valence-corrected chi connectivity index (χ4v) is 1.72. The highest BCUT2D eigenvalue weighted by Crippen LogP contribution is 2.27. The molecule has 1 aromatic carbocycles. The third-order valence-electron chi connectivity index (χ3n) is 2.50. The number of esters is 1. The molecule has 0 aliphatic carbocycles. The highest BCUT2D eigenvalue weighted by Gasteiger charge is 2.12. The number of nitrogen functional groups attached to an aromatic ring is 1. The number of pyridine rings is 1. The van der Waals surface area contributed by atoms with E-state index < -0.39 is 0 Å². The molecule has 0 amide bonds. The molecule has 0 aliphatic heterocycles. The van der Waals surface area contributed by atoms with Gasteiger partial charge in [0.25, 0.3) is 0 Å². The number of hydrogen-bond acceptors (Lipinski definition) is 5. The molecular formula is C13H14N2O3. The van der Waals surface area contributed by atoms with Crippen LogP contribution >= 0.6 is 0 Å². The predicted molar refractivity (Wildman–Crippen MR) is 68.7 cm³/mol. The number of methoxy groups -OCH3 is 1. The van der Waals surface area contributed by atoms with Crippen molar-refractivity contribution in [3.8, 4) is 5.75 Å². The van der Waals surface area contributed by atoms with Gasteiger partial charge in [0.05, 0.1) is 31.2 Å². The van der Waals surface area contributed by atoms with E-state index in [9.17, 15) is 4.79 Å². The summed E-state index contributed by atoms with van der Waals surface area (Å²) in [6, 6.07) is 5.05. The van der Waals surface area contributed by atoms with Crippen LogP contribution in [0.4, 0.5) is 5.69 Å². The summed E-state index contributed by atoms with van der Waals surface area (Å²) in [6.07, 6.45) is 1.55. The van der Waals surface area contributed by atoms with Gasteiger partial charge in [0.2, 0.25) is 0 Å². The van der Waals surface area contributed by atoms with Crippen LogP contribution in [0.1, 0.15) is 17.3 Å². The fraction of sp³-hybridized carbons (Fsp3) is 0.231. The molecule has 0 bridgehead atoms. The SMILES string of the molecule is CCOC(=O)c1cc(OC)c2ncc(N)cc2c1. The second-order valence-corrected chi connectivity index (χ2v) is 3.74. The Morgan fingerprint density at radius 2 is 2.17 bits per heavy atom. The van der Waals surface area contributed by atoms with Crippen molar-refractivity contribution in [2.24, 2.45) is 0 Å². The molecule has 0 unspecified atom stereocenters. The summed E-state index contributed by atoms with van der Waals surface area (Å²) in [5.41, 5.74) is 7.30. The van der Waals surface area contributed by atoms with E-state index in [2.05, 4.69) is 4.98 Å². The van der Waals surface area contributed by atoms with Crippen LogP contribution in [0.2, 0.25) is 0 Å². The molecule has 1 aromatic heterocycles. The molecule has 0 atom stereocenters. The van der Waals surface area contributed by atoms with Crippen LogP contribution in [0.15, 0.2) is 24.4 Å². The lowest BCUT2D eigenvalue weighted by Gasteiger charge is -2.08. The minimum atomic E-state index is -0.389.